The van der Waals surface area contributed by atoms with Crippen molar-refractivity contribution in [1.82, 2.24) is 4.90 Å². The fourth-order valence-corrected chi connectivity index (χ4v) is 0.774. The van der Waals surface area contributed by atoms with Gasteiger partial charge in [0, 0.05) is 6.54 Å². The summed E-state index contributed by atoms with van der Waals surface area (Å²) < 4.78 is 4.75. The highest BCUT2D eigenvalue weighted by atomic mass is 16.5. The number of hydrogen-bond donors (Lipinski definition) is 0. The first-order valence-corrected chi connectivity index (χ1v) is 3.64. The van der Waals surface area contributed by atoms with Crippen molar-refractivity contribution in [1.29, 1.82) is 0 Å². The number of nitrogens with zero attached hydrogens (tertiary/aromatic N) is 1. The van der Waals surface area contributed by atoms with Crippen molar-refractivity contribution >= 4 is 0 Å². The zero-order valence-electron chi connectivity index (χ0n) is 6.76. The maximum atomic E-state index is 4.91. The Hall–Kier alpha value is -0.680. The summed E-state index contributed by atoms with van der Waals surface area (Å²) in [6.45, 7) is 7.93. The van der Waals surface area contributed by atoms with E-state index in [0.717, 1.165) is 19.6 Å². The van der Waals surface area contributed by atoms with E-state index >= 15 is 0 Å². The van der Waals surface area contributed by atoms with E-state index in [0.29, 0.717) is 6.61 Å². The van der Waals surface area contributed by atoms with Gasteiger partial charge in [-0.3, -0.25) is 0 Å². The molecule has 0 rings (SSSR count). The molecule has 0 aliphatic rings. The van der Waals surface area contributed by atoms with Crippen LogP contribution in [-0.2, 0) is 4.74 Å². The normalized spacial score (nSPS) is 9.40. The number of hydrogen-bond acceptors (Lipinski definition) is 2. The van der Waals surface area contributed by atoms with Gasteiger partial charge in [-0.2, -0.15) is 0 Å². The van der Waals surface area contributed by atoms with E-state index in [2.05, 4.69) is 24.9 Å². The molecule has 0 fully saturated rings. The van der Waals surface area contributed by atoms with E-state index in [1.807, 2.05) is 0 Å². The Balaban J connectivity index is 3.19. The SMILES string of the molecule is C#COCCN(CC)CC. The van der Waals surface area contributed by atoms with E-state index in [1.165, 1.54) is 0 Å². The van der Waals surface area contributed by atoms with Crippen LogP contribution >= 0.6 is 0 Å². The molecule has 0 unspecified atom stereocenters. The maximum Gasteiger partial charge on any atom is 0.113 e. The van der Waals surface area contributed by atoms with Crippen LogP contribution in [0.1, 0.15) is 13.8 Å². The fourth-order valence-electron chi connectivity index (χ4n) is 0.774. The quantitative estimate of drug-likeness (QED) is 0.417. The summed E-state index contributed by atoms with van der Waals surface area (Å²) >= 11 is 0. The van der Waals surface area contributed by atoms with Crippen LogP contribution in [0.15, 0.2) is 0 Å². The molecule has 0 saturated carbocycles. The minimum atomic E-state index is 0.637. The lowest BCUT2D eigenvalue weighted by molar-refractivity contribution is 0.202. The van der Waals surface area contributed by atoms with Crippen molar-refractivity contribution in [2.45, 2.75) is 13.8 Å². The highest BCUT2D eigenvalue weighted by molar-refractivity contribution is 4.68. The zero-order valence-corrected chi connectivity index (χ0v) is 6.76. The molecule has 0 aromatic rings. The van der Waals surface area contributed by atoms with Gasteiger partial charge in [0.1, 0.15) is 12.7 Å². The van der Waals surface area contributed by atoms with Gasteiger partial charge >= 0.3 is 0 Å². The molecule has 0 N–H and O–H groups in total. The molecule has 0 aromatic heterocycles. The Morgan fingerprint density at radius 3 is 2.40 bits per heavy atom. The number of ether oxygens (including phenoxy) is 1. The Morgan fingerprint density at radius 1 is 1.40 bits per heavy atom. The molecule has 0 saturated heterocycles. The molecule has 0 aliphatic heterocycles. The Morgan fingerprint density at radius 2 is 2.00 bits per heavy atom. The number of likely N-dealkylation sites (N-methyl/N-ethyl adjacent to an activating group) is 1. The lowest BCUT2D eigenvalue weighted by Crippen LogP contribution is -2.26. The van der Waals surface area contributed by atoms with Gasteiger partial charge in [0.15, 0.2) is 0 Å². The van der Waals surface area contributed by atoms with Crippen molar-refractivity contribution in [2.75, 3.05) is 26.2 Å². The van der Waals surface area contributed by atoms with Gasteiger partial charge in [-0.15, -0.1) is 0 Å². The third-order valence-corrected chi connectivity index (χ3v) is 1.49. The molecule has 0 radical (unpaired) electrons. The van der Waals surface area contributed by atoms with Gasteiger partial charge in [-0.05, 0) is 13.1 Å². The summed E-state index contributed by atoms with van der Waals surface area (Å²) in [5.74, 6) is 0. The summed E-state index contributed by atoms with van der Waals surface area (Å²) in [5.41, 5.74) is 0. The molecule has 10 heavy (non-hydrogen) atoms. The minimum Gasteiger partial charge on any atom is -0.445 e. The predicted molar refractivity (Wildman–Crippen MR) is 42.6 cm³/mol. The third-order valence-electron chi connectivity index (χ3n) is 1.49. The van der Waals surface area contributed by atoms with Crippen LogP contribution in [0.4, 0.5) is 0 Å². The van der Waals surface area contributed by atoms with Crippen molar-refractivity contribution < 1.29 is 4.74 Å². The zero-order chi connectivity index (χ0) is 7.82. The molecule has 0 bridgehead atoms. The molecular weight excluding hydrogens is 126 g/mol. The second-order valence-corrected chi connectivity index (χ2v) is 1.99. The first-order chi connectivity index (χ1) is 4.85. The Labute approximate surface area is 63.2 Å². The summed E-state index contributed by atoms with van der Waals surface area (Å²) in [7, 11) is 0. The van der Waals surface area contributed by atoms with Crippen molar-refractivity contribution in [3.63, 3.8) is 0 Å². The molecule has 0 atom stereocenters. The lowest BCUT2D eigenvalue weighted by Gasteiger charge is -2.16. The highest BCUT2D eigenvalue weighted by Gasteiger charge is 1.96. The van der Waals surface area contributed by atoms with Crippen molar-refractivity contribution in [3.05, 3.63) is 0 Å². The van der Waals surface area contributed by atoms with Crippen LogP contribution in [0, 0.1) is 12.5 Å². The molecule has 58 valence electrons. The molecule has 0 amide bonds. The average molecular weight is 141 g/mol. The van der Waals surface area contributed by atoms with Crippen LogP contribution in [0.5, 0.6) is 0 Å². The second-order valence-electron chi connectivity index (χ2n) is 1.99. The fraction of sp³-hybridized carbons (Fsp3) is 0.750. The summed E-state index contributed by atoms with van der Waals surface area (Å²) in [6, 6.07) is 0. The maximum absolute atomic E-state index is 4.91. The van der Waals surface area contributed by atoms with E-state index in [1.54, 1.807) is 0 Å². The van der Waals surface area contributed by atoms with Crippen LogP contribution in [-0.4, -0.2) is 31.1 Å². The summed E-state index contributed by atoms with van der Waals surface area (Å²) in [4.78, 5) is 2.26. The minimum absolute atomic E-state index is 0.637. The van der Waals surface area contributed by atoms with Gasteiger partial charge < -0.3 is 9.64 Å². The van der Waals surface area contributed by atoms with Crippen LogP contribution < -0.4 is 0 Å². The number of terminal acetylenes is 1. The van der Waals surface area contributed by atoms with Crippen molar-refractivity contribution in [2.24, 2.45) is 0 Å². The standard InChI is InChI=1S/C8H15NO/c1-4-9(5-2)7-8-10-6-3/h3H,4-5,7-8H2,1-2H3. The largest absolute Gasteiger partial charge is 0.445 e. The molecule has 2 nitrogen and oxygen atoms in total. The summed E-state index contributed by atoms with van der Waals surface area (Å²) in [5, 5.41) is 0. The summed E-state index contributed by atoms with van der Waals surface area (Å²) in [6.07, 6.45) is 7.05. The topological polar surface area (TPSA) is 12.5 Å². The molecule has 0 spiro atoms. The molecule has 2 heteroatoms. The Kier molecular flexibility index (Phi) is 6.00. The van der Waals surface area contributed by atoms with Crippen LogP contribution in [0.3, 0.4) is 0 Å². The molecular formula is C8H15NO. The van der Waals surface area contributed by atoms with E-state index in [9.17, 15) is 0 Å². The van der Waals surface area contributed by atoms with Gasteiger partial charge in [0.25, 0.3) is 0 Å². The van der Waals surface area contributed by atoms with Gasteiger partial charge in [0.2, 0.25) is 0 Å². The monoisotopic (exact) mass is 141 g/mol. The van der Waals surface area contributed by atoms with Gasteiger partial charge in [-0.1, -0.05) is 20.3 Å². The van der Waals surface area contributed by atoms with Gasteiger partial charge in [0.05, 0.1) is 0 Å². The average Bonchev–Trinajstić information content (AvgIpc) is 1.99. The van der Waals surface area contributed by atoms with Gasteiger partial charge in [-0.25, -0.2) is 0 Å². The second kappa shape index (κ2) is 6.44. The lowest BCUT2D eigenvalue weighted by atomic mass is 10.5. The Bertz CT molecular complexity index is 102. The molecule has 0 aromatic carbocycles. The third kappa shape index (κ3) is 4.22. The highest BCUT2D eigenvalue weighted by Crippen LogP contribution is 1.85. The van der Waals surface area contributed by atoms with E-state index < -0.39 is 0 Å². The van der Waals surface area contributed by atoms with Crippen LogP contribution in [0.2, 0.25) is 0 Å². The smallest absolute Gasteiger partial charge is 0.113 e. The molecule has 0 heterocycles. The predicted octanol–water partition coefficient (Wildman–Crippen LogP) is 0.936. The molecule has 0 aliphatic carbocycles. The van der Waals surface area contributed by atoms with Crippen LogP contribution in [0.25, 0.3) is 0 Å². The van der Waals surface area contributed by atoms with E-state index in [4.69, 9.17) is 11.2 Å². The first-order valence-electron chi connectivity index (χ1n) is 3.64. The number of rotatable bonds is 5. The van der Waals surface area contributed by atoms with E-state index in [-0.39, 0.29) is 0 Å². The van der Waals surface area contributed by atoms with Crippen molar-refractivity contribution in [3.8, 4) is 12.5 Å². The first kappa shape index (κ1) is 9.32.